The summed E-state index contributed by atoms with van der Waals surface area (Å²) >= 11 is 0. The van der Waals surface area contributed by atoms with Gasteiger partial charge in [-0.2, -0.15) is 0 Å². The van der Waals surface area contributed by atoms with E-state index in [1.54, 1.807) is 18.2 Å². The first-order valence-corrected chi connectivity index (χ1v) is 12.5. The van der Waals surface area contributed by atoms with Gasteiger partial charge in [0.05, 0.1) is 19.1 Å². The van der Waals surface area contributed by atoms with Gasteiger partial charge in [0.1, 0.15) is 28.4 Å². The highest BCUT2D eigenvalue weighted by molar-refractivity contribution is 7.92. The predicted octanol–water partition coefficient (Wildman–Crippen LogP) is 4.67. The van der Waals surface area contributed by atoms with Gasteiger partial charge in [-0.1, -0.05) is 12.1 Å². The Bertz CT molecular complexity index is 1610. The fourth-order valence-electron chi connectivity index (χ4n) is 3.58. The van der Waals surface area contributed by atoms with Crippen LogP contribution in [-0.2, 0) is 14.8 Å². The summed E-state index contributed by atoms with van der Waals surface area (Å²) in [5, 5.41) is 0.190. The number of fused-ring (bicyclic) bond motifs is 1. The number of rotatable bonds is 7. The average molecular weight is 529 g/mol. The lowest BCUT2D eigenvalue weighted by molar-refractivity contribution is 0.0640. The van der Waals surface area contributed by atoms with E-state index in [0.29, 0.717) is 11.3 Å². The third kappa shape index (κ3) is 5.19. The van der Waals surface area contributed by atoms with Crippen molar-refractivity contribution in [2.45, 2.75) is 0 Å². The molecule has 0 saturated carbocycles. The van der Waals surface area contributed by atoms with Gasteiger partial charge < -0.3 is 24.4 Å². The number of furan rings is 1. The largest absolute Gasteiger partial charge is 0.495 e. The summed E-state index contributed by atoms with van der Waals surface area (Å²) in [6.07, 6.45) is -0.301. The van der Waals surface area contributed by atoms with Crippen molar-refractivity contribution < 1.29 is 41.0 Å². The first kappa shape index (κ1) is 25.5. The van der Waals surface area contributed by atoms with Crippen LogP contribution in [0.3, 0.4) is 0 Å². The van der Waals surface area contributed by atoms with Gasteiger partial charge in [-0.25, -0.2) is 22.4 Å². The van der Waals surface area contributed by atoms with Gasteiger partial charge in [-0.3, -0.25) is 4.31 Å². The first-order chi connectivity index (χ1) is 17.5. The number of methoxy groups -OCH3 is 1. The van der Waals surface area contributed by atoms with Gasteiger partial charge >= 0.3 is 12.1 Å². The van der Waals surface area contributed by atoms with Crippen molar-refractivity contribution >= 4 is 38.7 Å². The molecule has 1 amide bonds. The summed E-state index contributed by atoms with van der Waals surface area (Å²) < 4.78 is 60.6. The highest BCUT2D eigenvalue weighted by Crippen LogP contribution is 2.41. The molecule has 37 heavy (non-hydrogen) atoms. The van der Waals surface area contributed by atoms with E-state index in [4.69, 9.17) is 19.6 Å². The minimum atomic E-state index is -3.66. The highest BCUT2D eigenvalue weighted by Gasteiger charge is 2.28. The first-order valence-electron chi connectivity index (χ1n) is 10.6. The number of anilines is 1. The second kappa shape index (κ2) is 9.82. The van der Waals surface area contributed by atoms with Crippen LogP contribution in [0.5, 0.6) is 17.2 Å². The van der Waals surface area contributed by atoms with E-state index in [-0.39, 0.29) is 39.5 Å². The molecule has 1 heterocycles. The van der Waals surface area contributed by atoms with E-state index in [1.807, 2.05) is 0 Å². The zero-order chi connectivity index (χ0) is 26.9. The second-order valence-electron chi connectivity index (χ2n) is 7.82. The van der Waals surface area contributed by atoms with Crippen LogP contribution in [0, 0.1) is 5.82 Å². The molecule has 2 N–H and O–H groups in total. The third-order valence-electron chi connectivity index (χ3n) is 5.40. The Morgan fingerprint density at radius 3 is 2.30 bits per heavy atom. The van der Waals surface area contributed by atoms with Crippen LogP contribution < -0.4 is 19.5 Å². The number of para-hydroxylation sites is 1. The van der Waals surface area contributed by atoms with Gasteiger partial charge in [0.15, 0.2) is 11.6 Å². The highest BCUT2D eigenvalue weighted by atomic mass is 32.2. The number of ether oxygens (including phenoxy) is 3. The molecule has 4 rings (SSSR count). The molecule has 0 saturated heterocycles. The summed E-state index contributed by atoms with van der Waals surface area (Å²) in [5.41, 5.74) is 5.56. The molecule has 0 atom stereocenters. The van der Waals surface area contributed by atoms with E-state index >= 15 is 0 Å². The summed E-state index contributed by atoms with van der Waals surface area (Å²) in [5.74, 6) is -1.15. The zero-order valence-electron chi connectivity index (χ0n) is 19.9. The standard InChI is InChI=1S/C25H21FN2O8S/c1-28(37(3,31)32)18-13-20-16(12-21(18)33-2)22(24(29)36-25(27)30)23(35-20)14-8-10-15(11-9-14)34-19-7-5-4-6-17(19)26/h4-13H,1-3H3,(H2,27,30). The monoisotopic (exact) mass is 528 g/mol. The van der Waals surface area contributed by atoms with E-state index in [1.165, 1.54) is 56.6 Å². The molecule has 3 aromatic carbocycles. The lowest BCUT2D eigenvalue weighted by atomic mass is 10.0. The van der Waals surface area contributed by atoms with Crippen molar-refractivity contribution in [3.8, 4) is 28.6 Å². The van der Waals surface area contributed by atoms with Crippen LogP contribution >= 0.6 is 0 Å². The summed E-state index contributed by atoms with van der Waals surface area (Å²) in [6, 6.07) is 14.8. The van der Waals surface area contributed by atoms with Crippen LogP contribution in [0.15, 0.2) is 65.1 Å². The van der Waals surface area contributed by atoms with Gasteiger partial charge in [-0.05, 0) is 42.5 Å². The van der Waals surface area contributed by atoms with Crippen molar-refractivity contribution in [3.05, 3.63) is 72.0 Å². The van der Waals surface area contributed by atoms with Crippen LogP contribution in [0.25, 0.3) is 22.3 Å². The maximum Gasteiger partial charge on any atom is 0.412 e. The number of sulfonamides is 1. The van der Waals surface area contributed by atoms with E-state index < -0.39 is 27.9 Å². The second-order valence-corrected chi connectivity index (χ2v) is 9.84. The van der Waals surface area contributed by atoms with Crippen LogP contribution in [-0.4, -0.2) is 40.9 Å². The number of amides is 1. The van der Waals surface area contributed by atoms with E-state index in [0.717, 1.165) is 10.6 Å². The molecule has 0 fully saturated rings. The Kier molecular flexibility index (Phi) is 6.77. The van der Waals surface area contributed by atoms with Gasteiger partial charge in [-0.15, -0.1) is 0 Å². The van der Waals surface area contributed by atoms with Gasteiger partial charge in [0, 0.05) is 24.1 Å². The molecule has 0 aliphatic heterocycles. The predicted molar refractivity (Wildman–Crippen MR) is 133 cm³/mol. The number of esters is 1. The maximum absolute atomic E-state index is 13.9. The zero-order valence-corrected chi connectivity index (χ0v) is 20.7. The SMILES string of the molecule is COc1cc2c(C(=O)OC(N)=O)c(-c3ccc(Oc4ccccc4F)cc3)oc2cc1N(C)S(C)(=O)=O. The fourth-order valence-corrected chi connectivity index (χ4v) is 4.08. The summed E-state index contributed by atoms with van der Waals surface area (Å²) in [6.45, 7) is 0. The van der Waals surface area contributed by atoms with Crippen molar-refractivity contribution in [2.75, 3.05) is 24.7 Å². The summed E-state index contributed by atoms with van der Waals surface area (Å²) in [4.78, 5) is 24.2. The minimum absolute atomic E-state index is 0.0138. The maximum atomic E-state index is 13.9. The minimum Gasteiger partial charge on any atom is -0.495 e. The smallest absolute Gasteiger partial charge is 0.412 e. The Morgan fingerprint density at radius 1 is 1.03 bits per heavy atom. The molecular formula is C25H21FN2O8S. The molecule has 0 aliphatic rings. The Labute approximate surface area is 211 Å². The summed E-state index contributed by atoms with van der Waals surface area (Å²) in [7, 11) is -0.997. The molecule has 0 unspecified atom stereocenters. The van der Waals surface area contributed by atoms with Crippen molar-refractivity contribution in [1.82, 2.24) is 0 Å². The Balaban J connectivity index is 1.84. The van der Waals surface area contributed by atoms with Crippen LogP contribution in [0.1, 0.15) is 10.4 Å². The normalized spacial score (nSPS) is 11.2. The number of halogens is 1. The van der Waals surface area contributed by atoms with Crippen molar-refractivity contribution in [1.29, 1.82) is 0 Å². The molecule has 192 valence electrons. The third-order valence-corrected chi connectivity index (χ3v) is 6.60. The van der Waals surface area contributed by atoms with Crippen LogP contribution in [0.2, 0.25) is 0 Å². The molecular weight excluding hydrogens is 507 g/mol. The Hall–Kier alpha value is -4.58. The lowest BCUT2D eigenvalue weighted by Crippen LogP contribution is -2.25. The average Bonchev–Trinajstić information content (AvgIpc) is 3.22. The number of hydrogen-bond donors (Lipinski definition) is 1. The Morgan fingerprint density at radius 2 is 1.70 bits per heavy atom. The number of hydrogen-bond acceptors (Lipinski definition) is 8. The molecule has 0 bridgehead atoms. The topological polar surface area (TPSA) is 138 Å². The number of benzene rings is 3. The van der Waals surface area contributed by atoms with Gasteiger partial charge in [0.25, 0.3) is 0 Å². The molecule has 12 heteroatoms. The molecule has 10 nitrogen and oxygen atoms in total. The molecule has 0 radical (unpaired) electrons. The number of nitrogens with two attached hydrogens (primary N) is 1. The van der Waals surface area contributed by atoms with E-state index in [9.17, 15) is 22.4 Å². The van der Waals surface area contributed by atoms with Crippen molar-refractivity contribution in [2.24, 2.45) is 5.73 Å². The number of nitrogens with zero attached hydrogens (tertiary/aromatic N) is 1. The van der Waals surface area contributed by atoms with Gasteiger partial charge in [0.2, 0.25) is 10.0 Å². The quantitative estimate of drug-likeness (QED) is 0.270. The molecule has 0 aliphatic carbocycles. The number of carbonyl (C=O) groups is 2. The molecule has 4 aromatic rings. The van der Waals surface area contributed by atoms with Crippen molar-refractivity contribution in [3.63, 3.8) is 0 Å². The number of carbonyl (C=O) groups excluding carboxylic acids is 2. The lowest BCUT2D eigenvalue weighted by Gasteiger charge is -2.19. The fraction of sp³-hybridized carbons (Fsp3) is 0.120. The molecule has 1 aromatic heterocycles. The molecule has 0 spiro atoms. The van der Waals surface area contributed by atoms with E-state index in [2.05, 4.69) is 4.74 Å². The number of primary amides is 1. The van der Waals surface area contributed by atoms with Crippen LogP contribution in [0.4, 0.5) is 14.9 Å².